The van der Waals surface area contributed by atoms with Gasteiger partial charge in [-0.3, -0.25) is 4.90 Å². The van der Waals surface area contributed by atoms with Crippen LogP contribution in [-0.2, 0) is 27.2 Å². The lowest BCUT2D eigenvalue weighted by Crippen LogP contribution is -2.47. The quantitative estimate of drug-likeness (QED) is 0.630. The molecule has 0 N–H and O–H groups in total. The first-order chi connectivity index (χ1) is 10.8. The highest BCUT2D eigenvalue weighted by molar-refractivity contribution is 5.75. The zero-order valence-corrected chi connectivity index (χ0v) is 14.0. The number of amides is 1. The van der Waals surface area contributed by atoms with Gasteiger partial charge in [-0.1, -0.05) is 6.07 Å². The molecule has 6 nitrogen and oxygen atoms in total. The Labute approximate surface area is 136 Å². The predicted octanol–water partition coefficient (Wildman–Crippen LogP) is 2.53. The summed E-state index contributed by atoms with van der Waals surface area (Å²) in [6, 6.07) is 5.11. The van der Waals surface area contributed by atoms with E-state index in [4.69, 9.17) is 14.2 Å². The maximum absolute atomic E-state index is 12.3. The van der Waals surface area contributed by atoms with Crippen molar-refractivity contribution in [1.82, 2.24) is 4.90 Å². The first-order valence-corrected chi connectivity index (χ1v) is 7.52. The van der Waals surface area contributed by atoms with E-state index in [0.29, 0.717) is 18.7 Å². The fourth-order valence-electron chi connectivity index (χ4n) is 2.44. The van der Waals surface area contributed by atoms with Gasteiger partial charge in [-0.05, 0) is 44.0 Å². The summed E-state index contributed by atoms with van der Waals surface area (Å²) in [4.78, 5) is 25.2. The molecule has 1 amide bonds. The van der Waals surface area contributed by atoms with Crippen molar-refractivity contribution >= 4 is 12.4 Å². The molecule has 23 heavy (non-hydrogen) atoms. The molecule has 0 saturated carbocycles. The van der Waals surface area contributed by atoms with Crippen LogP contribution < -0.4 is 4.74 Å². The van der Waals surface area contributed by atoms with Gasteiger partial charge in [0.2, 0.25) is 0 Å². The molecule has 126 valence electrons. The van der Waals surface area contributed by atoms with Gasteiger partial charge in [-0.2, -0.15) is 0 Å². The molecule has 0 spiro atoms. The predicted molar refractivity (Wildman–Crippen MR) is 84.3 cm³/mol. The highest BCUT2D eigenvalue weighted by Gasteiger charge is 2.32. The minimum Gasteiger partial charge on any atom is -0.468 e. The van der Waals surface area contributed by atoms with Crippen LogP contribution in [0, 0.1) is 0 Å². The van der Waals surface area contributed by atoms with E-state index in [1.807, 2.05) is 18.2 Å². The van der Waals surface area contributed by atoms with Crippen molar-refractivity contribution < 1.29 is 23.8 Å². The van der Waals surface area contributed by atoms with E-state index in [9.17, 15) is 9.59 Å². The molecule has 1 heterocycles. The van der Waals surface area contributed by atoms with E-state index in [-0.39, 0.29) is 6.79 Å². The maximum atomic E-state index is 12.3. The molecule has 1 aliphatic heterocycles. The SMILES string of the molecule is COCOc1ccc2c(c1)CN(C(=O)OC(C)(C)C)[C@H](C=O)C2. The summed E-state index contributed by atoms with van der Waals surface area (Å²) in [6.45, 7) is 5.88. The lowest BCUT2D eigenvalue weighted by molar-refractivity contribution is -0.113. The molecule has 0 aliphatic carbocycles. The topological polar surface area (TPSA) is 65.1 Å². The van der Waals surface area contributed by atoms with Crippen LogP contribution in [0.2, 0.25) is 0 Å². The number of carbonyl (C=O) groups excluding carboxylic acids is 2. The van der Waals surface area contributed by atoms with Crippen molar-refractivity contribution in [2.75, 3.05) is 13.9 Å². The second-order valence-electron chi connectivity index (χ2n) is 6.50. The van der Waals surface area contributed by atoms with Crippen LogP contribution in [0.3, 0.4) is 0 Å². The molecule has 1 aromatic carbocycles. The van der Waals surface area contributed by atoms with Gasteiger partial charge in [0.25, 0.3) is 0 Å². The first kappa shape index (κ1) is 17.3. The zero-order valence-electron chi connectivity index (χ0n) is 14.0. The van der Waals surface area contributed by atoms with Gasteiger partial charge >= 0.3 is 6.09 Å². The van der Waals surface area contributed by atoms with Crippen LogP contribution >= 0.6 is 0 Å². The summed E-state index contributed by atoms with van der Waals surface area (Å²) in [6.07, 6.45) is 0.786. The van der Waals surface area contributed by atoms with Crippen molar-refractivity contribution in [3.05, 3.63) is 29.3 Å². The second-order valence-corrected chi connectivity index (χ2v) is 6.50. The Bertz CT molecular complexity index is 579. The van der Waals surface area contributed by atoms with Crippen LogP contribution in [-0.4, -0.2) is 42.8 Å². The monoisotopic (exact) mass is 321 g/mol. The highest BCUT2D eigenvalue weighted by atomic mass is 16.7. The van der Waals surface area contributed by atoms with Gasteiger partial charge < -0.3 is 19.0 Å². The largest absolute Gasteiger partial charge is 0.468 e. The van der Waals surface area contributed by atoms with E-state index in [0.717, 1.165) is 17.4 Å². The third-order valence-electron chi connectivity index (χ3n) is 3.48. The number of ether oxygens (including phenoxy) is 3. The maximum Gasteiger partial charge on any atom is 0.411 e. The van der Waals surface area contributed by atoms with Gasteiger partial charge in [0.15, 0.2) is 6.79 Å². The Morgan fingerprint density at radius 1 is 1.35 bits per heavy atom. The van der Waals surface area contributed by atoms with Crippen molar-refractivity contribution in [2.24, 2.45) is 0 Å². The fraction of sp³-hybridized carbons (Fsp3) is 0.529. The summed E-state index contributed by atoms with van der Waals surface area (Å²) >= 11 is 0. The molecule has 0 bridgehead atoms. The Morgan fingerprint density at radius 3 is 2.70 bits per heavy atom. The van der Waals surface area contributed by atoms with Crippen LogP contribution in [0.15, 0.2) is 18.2 Å². The molecule has 2 rings (SSSR count). The average Bonchev–Trinajstić information content (AvgIpc) is 2.49. The van der Waals surface area contributed by atoms with Gasteiger partial charge in [-0.25, -0.2) is 4.79 Å². The lowest BCUT2D eigenvalue weighted by atomic mass is 9.94. The number of aldehydes is 1. The molecule has 0 saturated heterocycles. The summed E-state index contributed by atoms with van der Waals surface area (Å²) in [5.41, 5.74) is 1.38. The minimum absolute atomic E-state index is 0.158. The van der Waals surface area contributed by atoms with E-state index < -0.39 is 17.7 Å². The third-order valence-corrected chi connectivity index (χ3v) is 3.48. The van der Waals surface area contributed by atoms with Crippen LogP contribution in [0.1, 0.15) is 31.9 Å². The summed E-state index contributed by atoms with van der Waals surface area (Å²) < 4.78 is 15.7. The van der Waals surface area contributed by atoms with Crippen molar-refractivity contribution in [3.63, 3.8) is 0 Å². The van der Waals surface area contributed by atoms with Crippen LogP contribution in [0.5, 0.6) is 5.75 Å². The lowest BCUT2D eigenvalue weighted by Gasteiger charge is -2.35. The normalized spacial score (nSPS) is 17.4. The van der Waals surface area contributed by atoms with E-state index >= 15 is 0 Å². The number of rotatable bonds is 4. The highest BCUT2D eigenvalue weighted by Crippen LogP contribution is 2.27. The fourth-order valence-corrected chi connectivity index (χ4v) is 2.44. The molecule has 0 fully saturated rings. The number of methoxy groups -OCH3 is 1. The molecule has 1 aromatic rings. The number of hydrogen-bond acceptors (Lipinski definition) is 5. The van der Waals surface area contributed by atoms with Gasteiger partial charge in [0, 0.05) is 13.5 Å². The van der Waals surface area contributed by atoms with Crippen molar-refractivity contribution in [2.45, 2.75) is 45.4 Å². The van der Waals surface area contributed by atoms with Crippen molar-refractivity contribution in [3.8, 4) is 5.75 Å². The first-order valence-electron chi connectivity index (χ1n) is 7.52. The molecule has 1 atom stereocenters. The minimum atomic E-state index is -0.603. The van der Waals surface area contributed by atoms with E-state index in [1.165, 1.54) is 4.90 Å². The Balaban J connectivity index is 2.20. The molecular weight excluding hydrogens is 298 g/mol. The van der Waals surface area contributed by atoms with Gasteiger partial charge in [-0.15, -0.1) is 0 Å². The van der Waals surface area contributed by atoms with Gasteiger partial charge in [0.05, 0.1) is 12.6 Å². The summed E-state index contributed by atoms with van der Waals surface area (Å²) in [7, 11) is 1.55. The third kappa shape index (κ3) is 4.45. The standard InChI is InChI=1S/C17H23NO5/c1-17(2,3)23-16(20)18-9-13-8-15(22-11-21-4)6-5-12(13)7-14(18)10-19/h5-6,8,10,14H,7,9,11H2,1-4H3/t14-/m0/s1. The molecule has 0 radical (unpaired) electrons. The molecule has 0 unspecified atom stereocenters. The van der Waals surface area contributed by atoms with E-state index in [1.54, 1.807) is 27.9 Å². The number of carbonyl (C=O) groups is 2. The van der Waals surface area contributed by atoms with Crippen LogP contribution in [0.4, 0.5) is 4.79 Å². The Hall–Kier alpha value is -2.08. The summed E-state index contributed by atoms with van der Waals surface area (Å²) in [5, 5.41) is 0. The number of fused-ring (bicyclic) bond motifs is 1. The average molecular weight is 321 g/mol. The number of benzene rings is 1. The van der Waals surface area contributed by atoms with Crippen molar-refractivity contribution in [1.29, 1.82) is 0 Å². The second kappa shape index (κ2) is 7.00. The Morgan fingerprint density at radius 2 is 2.09 bits per heavy atom. The van der Waals surface area contributed by atoms with Crippen LogP contribution in [0.25, 0.3) is 0 Å². The molecular formula is C17H23NO5. The zero-order chi connectivity index (χ0) is 17.0. The van der Waals surface area contributed by atoms with E-state index in [2.05, 4.69) is 0 Å². The molecule has 1 aliphatic rings. The number of hydrogen-bond donors (Lipinski definition) is 0. The molecule has 0 aromatic heterocycles. The Kier molecular flexibility index (Phi) is 5.26. The smallest absolute Gasteiger partial charge is 0.411 e. The molecule has 6 heteroatoms. The van der Waals surface area contributed by atoms with Gasteiger partial charge in [0.1, 0.15) is 17.6 Å². The number of nitrogens with zero attached hydrogens (tertiary/aromatic N) is 1. The summed E-state index contributed by atoms with van der Waals surface area (Å²) in [5.74, 6) is 0.666.